The summed E-state index contributed by atoms with van der Waals surface area (Å²) in [6.07, 6.45) is 5.58. The van der Waals surface area contributed by atoms with E-state index in [1.807, 2.05) is 24.7 Å². The molecule has 1 heterocycles. The average molecular weight is 226 g/mol. The van der Waals surface area contributed by atoms with Crippen LogP contribution in [0.1, 0.15) is 26.1 Å². The maximum Gasteiger partial charge on any atom is 0.110 e. The maximum absolute atomic E-state index is 5.65. The molecule has 16 heavy (non-hydrogen) atoms. The van der Waals surface area contributed by atoms with E-state index in [-0.39, 0.29) is 12.1 Å². The molecule has 1 aromatic rings. The maximum atomic E-state index is 5.65. The molecular formula is C11H22N4O. The van der Waals surface area contributed by atoms with Crippen LogP contribution >= 0.6 is 0 Å². The quantitative estimate of drug-likeness (QED) is 0.528. The molecule has 1 aromatic heterocycles. The predicted molar refractivity (Wildman–Crippen MR) is 63.7 cm³/mol. The first-order valence-corrected chi connectivity index (χ1v) is 5.76. The fraction of sp³-hybridized carbons (Fsp3) is 0.727. The van der Waals surface area contributed by atoms with Gasteiger partial charge in [0, 0.05) is 32.5 Å². The topological polar surface area (TPSA) is 65.1 Å². The highest BCUT2D eigenvalue weighted by atomic mass is 16.5. The molecule has 92 valence electrons. The van der Waals surface area contributed by atoms with Crippen LogP contribution in [-0.2, 0) is 18.2 Å². The molecule has 5 heteroatoms. The molecule has 0 spiro atoms. The molecule has 0 aliphatic rings. The molecular weight excluding hydrogens is 204 g/mol. The Labute approximate surface area is 97.0 Å². The van der Waals surface area contributed by atoms with Crippen molar-refractivity contribution in [2.24, 2.45) is 12.9 Å². The zero-order valence-electron chi connectivity index (χ0n) is 10.3. The Morgan fingerprint density at radius 1 is 1.56 bits per heavy atom. The van der Waals surface area contributed by atoms with Crippen LogP contribution in [-0.4, -0.2) is 28.3 Å². The first-order chi connectivity index (χ1) is 7.72. The summed E-state index contributed by atoms with van der Waals surface area (Å²) >= 11 is 0. The van der Waals surface area contributed by atoms with Crippen LogP contribution < -0.4 is 11.3 Å². The van der Waals surface area contributed by atoms with E-state index in [9.17, 15) is 0 Å². The summed E-state index contributed by atoms with van der Waals surface area (Å²) in [5.41, 5.74) is 2.83. The van der Waals surface area contributed by atoms with Gasteiger partial charge in [0.15, 0.2) is 0 Å². The molecule has 0 bridgehead atoms. The van der Waals surface area contributed by atoms with E-state index in [0.29, 0.717) is 6.61 Å². The molecule has 0 saturated heterocycles. The van der Waals surface area contributed by atoms with E-state index in [4.69, 9.17) is 10.6 Å². The lowest BCUT2D eigenvalue weighted by molar-refractivity contribution is 0.0313. The minimum Gasteiger partial charge on any atom is -0.377 e. The summed E-state index contributed by atoms with van der Waals surface area (Å²) in [6.45, 7) is 4.80. The van der Waals surface area contributed by atoms with Gasteiger partial charge in [0.25, 0.3) is 0 Å². The van der Waals surface area contributed by atoms with Gasteiger partial charge in [0.05, 0.1) is 12.1 Å². The first kappa shape index (κ1) is 13.2. The van der Waals surface area contributed by atoms with Crippen molar-refractivity contribution in [3.05, 3.63) is 18.2 Å². The highest BCUT2D eigenvalue weighted by molar-refractivity contribution is 4.96. The van der Waals surface area contributed by atoms with Crippen LogP contribution in [0, 0.1) is 0 Å². The molecule has 2 atom stereocenters. The predicted octanol–water partition coefficient (Wildman–Crippen LogP) is 0.610. The van der Waals surface area contributed by atoms with Gasteiger partial charge in [0.1, 0.15) is 5.82 Å². The Morgan fingerprint density at radius 3 is 2.75 bits per heavy atom. The minimum absolute atomic E-state index is 0.103. The number of nitrogens with two attached hydrogens (primary N) is 1. The third kappa shape index (κ3) is 3.30. The van der Waals surface area contributed by atoms with Crippen LogP contribution in [0.5, 0.6) is 0 Å². The fourth-order valence-electron chi connectivity index (χ4n) is 1.82. The number of nitrogens with one attached hydrogen (secondary N) is 1. The van der Waals surface area contributed by atoms with E-state index < -0.39 is 0 Å². The van der Waals surface area contributed by atoms with Gasteiger partial charge < -0.3 is 9.30 Å². The average Bonchev–Trinajstić information content (AvgIpc) is 2.69. The smallest absolute Gasteiger partial charge is 0.110 e. The number of ether oxygens (including phenoxy) is 1. The van der Waals surface area contributed by atoms with Crippen molar-refractivity contribution < 1.29 is 4.74 Å². The van der Waals surface area contributed by atoms with E-state index in [0.717, 1.165) is 18.7 Å². The zero-order chi connectivity index (χ0) is 12.0. The van der Waals surface area contributed by atoms with Crippen molar-refractivity contribution in [3.8, 4) is 0 Å². The van der Waals surface area contributed by atoms with E-state index in [1.165, 1.54) is 0 Å². The van der Waals surface area contributed by atoms with Crippen molar-refractivity contribution in [1.82, 2.24) is 15.0 Å². The lowest BCUT2D eigenvalue weighted by atomic mass is 10.1. The van der Waals surface area contributed by atoms with E-state index in [2.05, 4.69) is 17.3 Å². The standard InChI is InChI=1S/C11H22N4O/c1-4-10(16-5-2)9(14-12)8-11-13-6-7-15(11)3/h6-7,9-10,14H,4-5,8,12H2,1-3H3. The van der Waals surface area contributed by atoms with Crippen LogP contribution in [0.15, 0.2) is 12.4 Å². The summed E-state index contributed by atoms with van der Waals surface area (Å²) in [4.78, 5) is 4.29. The molecule has 0 radical (unpaired) electrons. The number of hydrogen-bond acceptors (Lipinski definition) is 4. The molecule has 2 unspecified atom stereocenters. The Hall–Kier alpha value is -0.910. The largest absolute Gasteiger partial charge is 0.377 e. The minimum atomic E-state index is 0.103. The van der Waals surface area contributed by atoms with Crippen LogP contribution in [0.4, 0.5) is 0 Å². The zero-order valence-corrected chi connectivity index (χ0v) is 10.3. The van der Waals surface area contributed by atoms with Gasteiger partial charge in [-0.3, -0.25) is 11.3 Å². The molecule has 0 amide bonds. The second-order valence-electron chi connectivity index (χ2n) is 3.83. The molecule has 1 rings (SSSR count). The van der Waals surface area contributed by atoms with Gasteiger partial charge in [-0.1, -0.05) is 6.92 Å². The van der Waals surface area contributed by atoms with E-state index in [1.54, 1.807) is 6.20 Å². The number of hydrogen-bond donors (Lipinski definition) is 2. The monoisotopic (exact) mass is 226 g/mol. The van der Waals surface area contributed by atoms with Gasteiger partial charge in [0.2, 0.25) is 0 Å². The van der Waals surface area contributed by atoms with Crippen molar-refractivity contribution in [2.45, 2.75) is 38.8 Å². The number of rotatable bonds is 7. The normalized spacial score (nSPS) is 15.0. The van der Waals surface area contributed by atoms with Crippen LogP contribution in [0.2, 0.25) is 0 Å². The van der Waals surface area contributed by atoms with Crippen LogP contribution in [0.3, 0.4) is 0 Å². The molecule has 0 fully saturated rings. The summed E-state index contributed by atoms with van der Waals surface area (Å²) in [6, 6.07) is 0.103. The van der Waals surface area contributed by atoms with E-state index >= 15 is 0 Å². The fourth-order valence-corrected chi connectivity index (χ4v) is 1.82. The third-order valence-electron chi connectivity index (χ3n) is 2.77. The Balaban J connectivity index is 2.63. The lowest BCUT2D eigenvalue weighted by Crippen LogP contribution is -2.46. The van der Waals surface area contributed by atoms with Crippen molar-refractivity contribution in [1.29, 1.82) is 0 Å². The lowest BCUT2D eigenvalue weighted by Gasteiger charge is -2.25. The highest BCUT2D eigenvalue weighted by Gasteiger charge is 2.20. The van der Waals surface area contributed by atoms with Crippen molar-refractivity contribution in [2.75, 3.05) is 6.61 Å². The molecule has 0 aliphatic carbocycles. The number of aryl methyl sites for hydroxylation is 1. The Bertz CT molecular complexity index is 300. The highest BCUT2D eigenvalue weighted by Crippen LogP contribution is 2.09. The van der Waals surface area contributed by atoms with Gasteiger partial charge >= 0.3 is 0 Å². The summed E-state index contributed by atoms with van der Waals surface area (Å²) in [5, 5.41) is 0. The van der Waals surface area contributed by atoms with Gasteiger partial charge in [-0.25, -0.2) is 4.98 Å². The van der Waals surface area contributed by atoms with Crippen LogP contribution in [0.25, 0.3) is 0 Å². The summed E-state index contributed by atoms with van der Waals surface area (Å²) < 4.78 is 7.66. The summed E-state index contributed by atoms with van der Waals surface area (Å²) in [5.74, 6) is 6.59. The second-order valence-corrected chi connectivity index (χ2v) is 3.83. The van der Waals surface area contributed by atoms with Crippen molar-refractivity contribution >= 4 is 0 Å². The number of imidazole rings is 1. The molecule has 3 N–H and O–H groups in total. The summed E-state index contributed by atoms with van der Waals surface area (Å²) in [7, 11) is 1.98. The molecule has 0 saturated carbocycles. The first-order valence-electron chi connectivity index (χ1n) is 5.76. The SMILES string of the molecule is CCOC(CC)C(Cc1nccn1C)NN. The van der Waals surface area contributed by atoms with Crippen molar-refractivity contribution in [3.63, 3.8) is 0 Å². The van der Waals surface area contributed by atoms with Gasteiger partial charge in [-0.2, -0.15) is 0 Å². The number of aromatic nitrogens is 2. The molecule has 0 aromatic carbocycles. The Morgan fingerprint density at radius 2 is 2.31 bits per heavy atom. The van der Waals surface area contributed by atoms with Gasteiger partial charge in [-0.15, -0.1) is 0 Å². The number of hydrazine groups is 1. The molecule has 0 aliphatic heterocycles. The number of nitrogens with zero attached hydrogens (tertiary/aromatic N) is 2. The molecule has 5 nitrogen and oxygen atoms in total. The van der Waals surface area contributed by atoms with Gasteiger partial charge in [-0.05, 0) is 13.3 Å². The third-order valence-corrected chi connectivity index (χ3v) is 2.77. The second kappa shape index (κ2) is 6.62. The Kier molecular flexibility index (Phi) is 5.45.